The number of hydrogen-bond acceptors (Lipinski definition) is 3. The molecule has 0 spiro atoms. The summed E-state index contributed by atoms with van der Waals surface area (Å²) in [7, 11) is 0. The summed E-state index contributed by atoms with van der Waals surface area (Å²) < 4.78 is 6.30. The minimum Gasteiger partial charge on any atom is -0.397 e. The van der Waals surface area contributed by atoms with Crippen molar-refractivity contribution >= 4 is 27.3 Å². The Balaban J connectivity index is 1.94. The Morgan fingerprint density at radius 2 is 2.36 bits per heavy atom. The average Bonchev–Trinajstić information content (AvgIpc) is 2.05. The summed E-state index contributed by atoms with van der Waals surface area (Å²) >= 11 is 3.37. The molecule has 1 aromatic carbocycles. The Labute approximate surface area is 91.8 Å². The summed E-state index contributed by atoms with van der Waals surface area (Å²) in [6.45, 7) is 1.73. The lowest BCUT2D eigenvalue weighted by molar-refractivity contribution is -0.0410. The van der Waals surface area contributed by atoms with Gasteiger partial charge < -0.3 is 15.8 Å². The molecule has 14 heavy (non-hydrogen) atoms. The molecule has 1 fully saturated rings. The quantitative estimate of drug-likeness (QED) is 0.816. The SMILES string of the molecule is Nc1cc(Br)ccc1NCC1CCO1. The summed E-state index contributed by atoms with van der Waals surface area (Å²) in [6.07, 6.45) is 1.50. The van der Waals surface area contributed by atoms with Crippen LogP contribution in [0.25, 0.3) is 0 Å². The molecule has 1 saturated heterocycles. The standard InChI is InChI=1S/C10H13BrN2O/c11-7-1-2-10(9(12)5-7)13-6-8-3-4-14-8/h1-2,5,8,13H,3-4,6,12H2. The number of nitrogens with two attached hydrogens (primary N) is 1. The lowest BCUT2D eigenvalue weighted by atomic mass is 10.2. The van der Waals surface area contributed by atoms with E-state index in [2.05, 4.69) is 21.2 Å². The predicted octanol–water partition coefficient (Wildman–Crippen LogP) is 2.23. The molecular formula is C10H13BrN2O. The largest absolute Gasteiger partial charge is 0.397 e. The number of halogens is 1. The van der Waals surface area contributed by atoms with Crippen LogP contribution in [-0.4, -0.2) is 19.3 Å². The molecule has 3 nitrogen and oxygen atoms in total. The van der Waals surface area contributed by atoms with Gasteiger partial charge in [0.2, 0.25) is 0 Å². The van der Waals surface area contributed by atoms with Crippen LogP contribution < -0.4 is 11.1 Å². The summed E-state index contributed by atoms with van der Waals surface area (Å²) in [4.78, 5) is 0. The van der Waals surface area contributed by atoms with Crippen molar-refractivity contribution in [3.8, 4) is 0 Å². The highest BCUT2D eigenvalue weighted by Crippen LogP contribution is 2.23. The Kier molecular flexibility index (Phi) is 2.93. The van der Waals surface area contributed by atoms with Crippen LogP contribution in [0.3, 0.4) is 0 Å². The maximum atomic E-state index is 5.83. The maximum absolute atomic E-state index is 5.83. The second-order valence-corrected chi connectivity index (χ2v) is 4.31. The third-order valence-electron chi connectivity index (χ3n) is 2.33. The molecule has 4 heteroatoms. The second-order valence-electron chi connectivity index (χ2n) is 3.39. The molecule has 1 aliphatic heterocycles. The molecule has 0 aromatic heterocycles. The number of benzene rings is 1. The number of nitrogens with one attached hydrogen (secondary N) is 1. The number of hydrogen-bond donors (Lipinski definition) is 2. The number of ether oxygens (including phenoxy) is 1. The molecule has 76 valence electrons. The molecule has 0 amide bonds. The van der Waals surface area contributed by atoms with Gasteiger partial charge in [-0.05, 0) is 24.6 Å². The molecule has 3 N–H and O–H groups in total. The lowest BCUT2D eigenvalue weighted by Gasteiger charge is -2.27. The molecule has 1 aromatic rings. The average molecular weight is 257 g/mol. The van der Waals surface area contributed by atoms with E-state index in [0.29, 0.717) is 6.10 Å². The predicted molar refractivity (Wildman–Crippen MR) is 61.4 cm³/mol. The van der Waals surface area contributed by atoms with Gasteiger partial charge in [0.15, 0.2) is 0 Å². The molecule has 1 atom stereocenters. The van der Waals surface area contributed by atoms with E-state index < -0.39 is 0 Å². The van der Waals surface area contributed by atoms with Gasteiger partial charge >= 0.3 is 0 Å². The Morgan fingerprint density at radius 3 is 2.93 bits per heavy atom. The highest BCUT2D eigenvalue weighted by atomic mass is 79.9. The number of rotatable bonds is 3. The van der Waals surface area contributed by atoms with E-state index in [9.17, 15) is 0 Å². The van der Waals surface area contributed by atoms with Gasteiger partial charge in [-0.15, -0.1) is 0 Å². The molecule has 0 radical (unpaired) electrons. The zero-order chi connectivity index (χ0) is 9.97. The first-order valence-corrected chi connectivity index (χ1v) is 5.45. The van der Waals surface area contributed by atoms with Gasteiger partial charge in [0, 0.05) is 17.6 Å². The third-order valence-corrected chi connectivity index (χ3v) is 2.82. The van der Waals surface area contributed by atoms with E-state index in [0.717, 1.165) is 35.4 Å². The van der Waals surface area contributed by atoms with Gasteiger partial charge in [0.05, 0.1) is 17.5 Å². The molecule has 2 rings (SSSR count). The van der Waals surface area contributed by atoms with Gasteiger partial charge in [-0.1, -0.05) is 15.9 Å². The Morgan fingerprint density at radius 1 is 1.57 bits per heavy atom. The van der Waals surface area contributed by atoms with Crippen LogP contribution in [0.1, 0.15) is 6.42 Å². The smallest absolute Gasteiger partial charge is 0.0769 e. The third kappa shape index (κ3) is 2.19. The van der Waals surface area contributed by atoms with Crippen LogP contribution in [0, 0.1) is 0 Å². The fourth-order valence-corrected chi connectivity index (χ4v) is 1.74. The first-order chi connectivity index (χ1) is 6.75. The van der Waals surface area contributed by atoms with E-state index in [1.165, 1.54) is 0 Å². The zero-order valence-corrected chi connectivity index (χ0v) is 9.38. The number of anilines is 2. The van der Waals surface area contributed by atoms with Crippen molar-refractivity contribution in [3.05, 3.63) is 22.7 Å². The van der Waals surface area contributed by atoms with Crippen LogP contribution in [-0.2, 0) is 4.74 Å². The Hall–Kier alpha value is -0.740. The first kappa shape index (κ1) is 9.80. The van der Waals surface area contributed by atoms with E-state index in [1.807, 2.05) is 18.2 Å². The van der Waals surface area contributed by atoms with Crippen molar-refractivity contribution in [3.63, 3.8) is 0 Å². The van der Waals surface area contributed by atoms with Gasteiger partial charge in [-0.25, -0.2) is 0 Å². The highest BCUT2D eigenvalue weighted by Gasteiger charge is 2.17. The monoisotopic (exact) mass is 256 g/mol. The molecule has 1 heterocycles. The van der Waals surface area contributed by atoms with Crippen molar-refractivity contribution < 1.29 is 4.74 Å². The summed E-state index contributed by atoms with van der Waals surface area (Å²) in [6, 6.07) is 5.84. The first-order valence-electron chi connectivity index (χ1n) is 4.66. The van der Waals surface area contributed by atoms with Crippen molar-refractivity contribution in [2.24, 2.45) is 0 Å². The van der Waals surface area contributed by atoms with Gasteiger partial charge in [-0.3, -0.25) is 0 Å². The zero-order valence-electron chi connectivity index (χ0n) is 7.79. The maximum Gasteiger partial charge on any atom is 0.0769 e. The van der Waals surface area contributed by atoms with E-state index in [4.69, 9.17) is 10.5 Å². The van der Waals surface area contributed by atoms with Gasteiger partial charge in [-0.2, -0.15) is 0 Å². The molecule has 0 aliphatic carbocycles. The van der Waals surface area contributed by atoms with Crippen LogP contribution in [0.5, 0.6) is 0 Å². The van der Waals surface area contributed by atoms with Crippen molar-refractivity contribution in [1.82, 2.24) is 0 Å². The molecule has 0 saturated carbocycles. The minimum atomic E-state index is 0.359. The summed E-state index contributed by atoms with van der Waals surface area (Å²) in [5.41, 5.74) is 7.57. The molecular weight excluding hydrogens is 244 g/mol. The Bertz CT molecular complexity index is 326. The highest BCUT2D eigenvalue weighted by molar-refractivity contribution is 9.10. The van der Waals surface area contributed by atoms with E-state index in [-0.39, 0.29) is 0 Å². The molecule has 0 bridgehead atoms. The fourth-order valence-electron chi connectivity index (χ4n) is 1.36. The van der Waals surface area contributed by atoms with Crippen LogP contribution in [0.15, 0.2) is 22.7 Å². The van der Waals surface area contributed by atoms with E-state index >= 15 is 0 Å². The minimum absolute atomic E-state index is 0.359. The summed E-state index contributed by atoms with van der Waals surface area (Å²) in [5, 5.41) is 3.27. The van der Waals surface area contributed by atoms with E-state index in [1.54, 1.807) is 0 Å². The normalized spacial score (nSPS) is 20.2. The van der Waals surface area contributed by atoms with Crippen molar-refractivity contribution in [2.75, 3.05) is 24.2 Å². The number of nitrogen functional groups attached to an aromatic ring is 1. The van der Waals surface area contributed by atoms with Crippen LogP contribution in [0.2, 0.25) is 0 Å². The lowest BCUT2D eigenvalue weighted by Crippen LogP contribution is -2.33. The summed E-state index contributed by atoms with van der Waals surface area (Å²) in [5.74, 6) is 0. The van der Waals surface area contributed by atoms with Gasteiger partial charge in [0.25, 0.3) is 0 Å². The van der Waals surface area contributed by atoms with Gasteiger partial charge in [0.1, 0.15) is 0 Å². The second kappa shape index (κ2) is 4.19. The van der Waals surface area contributed by atoms with Crippen molar-refractivity contribution in [1.29, 1.82) is 0 Å². The van der Waals surface area contributed by atoms with Crippen LogP contribution in [0.4, 0.5) is 11.4 Å². The topological polar surface area (TPSA) is 47.3 Å². The van der Waals surface area contributed by atoms with Crippen molar-refractivity contribution in [2.45, 2.75) is 12.5 Å². The molecule has 1 aliphatic rings. The fraction of sp³-hybridized carbons (Fsp3) is 0.400. The molecule has 1 unspecified atom stereocenters. The van der Waals surface area contributed by atoms with Crippen LogP contribution >= 0.6 is 15.9 Å².